The number of pyridine rings is 1. The Morgan fingerprint density at radius 1 is 1.17 bits per heavy atom. The van der Waals surface area contributed by atoms with E-state index < -0.39 is 5.82 Å². The second-order valence-electron chi connectivity index (χ2n) is 6.07. The van der Waals surface area contributed by atoms with E-state index in [2.05, 4.69) is 10.3 Å². The van der Waals surface area contributed by atoms with Gasteiger partial charge in [-0.05, 0) is 56.6 Å². The summed E-state index contributed by atoms with van der Waals surface area (Å²) in [6.07, 6.45) is 4.51. The minimum atomic E-state index is -0.472. The molecule has 2 aromatic rings. The van der Waals surface area contributed by atoms with Gasteiger partial charge in [-0.15, -0.1) is 0 Å². The third kappa shape index (κ3) is 3.97. The molecule has 1 atom stereocenters. The maximum atomic E-state index is 14.1. The van der Waals surface area contributed by atoms with Gasteiger partial charge in [-0.2, -0.15) is 0 Å². The second kappa shape index (κ2) is 8.02. The molecule has 0 radical (unpaired) electrons. The highest BCUT2D eigenvalue weighted by atomic mass is 19.1. The third-order valence-corrected chi connectivity index (χ3v) is 4.41. The molecule has 0 saturated carbocycles. The van der Waals surface area contributed by atoms with Crippen LogP contribution in [0.4, 0.5) is 4.39 Å². The molecule has 1 saturated heterocycles. The third-order valence-electron chi connectivity index (χ3n) is 4.41. The van der Waals surface area contributed by atoms with Gasteiger partial charge in [-0.25, -0.2) is 4.39 Å². The first-order chi connectivity index (χ1) is 11.8. The molecule has 0 spiro atoms. The van der Waals surface area contributed by atoms with E-state index in [0.29, 0.717) is 6.54 Å². The summed E-state index contributed by atoms with van der Waals surface area (Å²) in [4.78, 5) is 19.1. The molecule has 4 nitrogen and oxygen atoms in total. The number of nitrogens with zero attached hydrogens (tertiary/aromatic N) is 2. The number of nitrogens with one attached hydrogen (secondary N) is 1. The topological polar surface area (TPSA) is 45.2 Å². The van der Waals surface area contributed by atoms with Crippen LogP contribution < -0.4 is 5.32 Å². The number of benzene rings is 1. The van der Waals surface area contributed by atoms with E-state index in [1.54, 1.807) is 29.3 Å². The van der Waals surface area contributed by atoms with Crippen molar-refractivity contribution < 1.29 is 9.18 Å². The molecule has 5 heteroatoms. The van der Waals surface area contributed by atoms with Crippen LogP contribution in [0.15, 0.2) is 48.7 Å². The summed E-state index contributed by atoms with van der Waals surface area (Å²) in [6, 6.07) is 11.9. The molecular weight excluding hydrogens is 305 g/mol. The van der Waals surface area contributed by atoms with Gasteiger partial charge >= 0.3 is 0 Å². The SMILES string of the molecule is O=C(c1ccccc1F)N(Cc1ccccn1)[C@H]1CCCNCC1. The lowest BCUT2D eigenvalue weighted by molar-refractivity contribution is 0.0637. The van der Waals surface area contributed by atoms with Gasteiger partial charge in [0.1, 0.15) is 5.82 Å². The number of carbonyl (C=O) groups excluding carboxylic acids is 1. The molecule has 1 amide bonds. The minimum absolute atomic E-state index is 0.0918. The summed E-state index contributed by atoms with van der Waals surface area (Å²) >= 11 is 0. The van der Waals surface area contributed by atoms with Crippen LogP contribution in [0, 0.1) is 5.82 Å². The van der Waals surface area contributed by atoms with Crippen molar-refractivity contribution in [1.29, 1.82) is 0 Å². The van der Waals surface area contributed by atoms with Gasteiger partial charge in [0.25, 0.3) is 5.91 Å². The molecule has 0 unspecified atom stereocenters. The standard InChI is InChI=1S/C19H22FN3O/c20-18-9-2-1-8-17(18)19(24)23(14-15-6-3-4-12-22-15)16-7-5-11-21-13-10-16/h1-4,6,8-9,12,16,21H,5,7,10-11,13-14H2/t16-/m0/s1. The van der Waals surface area contributed by atoms with Gasteiger partial charge in [0.2, 0.25) is 0 Å². The number of hydrogen-bond donors (Lipinski definition) is 1. The number of amides is 1. The summed E-state index contributed by atoms with van der Waals surface area (Å²) in [5.74, 6) is -0.731. The van der Waals surface area contributed by atoms with E-state index in [-0.39, 0.29) is 17.5 Å². The molecular formula is C19H22FN3O. The maximum absolute atomic E-state index is 14.1. The number of aromatic nitrogens is 1. The highest BCUT2D eigenvalue weighted by Crippen LogP contribution is 2.20. The molecule has 3 rings (SSSR count). The monoisotopic (exact) mass is 327 g/mol. The summed E-state index contributed by atoms with van der Waals surface area (Å²) in [5, 5.41) is 3.36. The zero-order chi connectivity index (χ0) is 16.8. The Morgan fingerprint density at radius 3 is 2.79 bits per heavy atom. The van der Waals surface area contributed by atoms with Gasteiger partial charge < -0.3 is 10.2 Å². The van der Waals surface area contributed by atoms with Crippen LogP contribution in [0.25, 0.3) is 0 Å². The Hall–Kier alpha value is -2.27. The second-order valence-corrected chi connectivity index (χ2v) is 6.07. The number of hydrogen-bond acceptors (Lipinski definition) is 3. The van der Waals surface area contributed by atoms with Crippen molar-refractivity contribution in [3.05, 3.63) is 65.7 Å². The van der Waals surface area contributed by atoms with Crippen molar-refractivity contribution >= 4 is 5.91 Å². The Balaban J connectivity index is 1.88. The fourth-order valence-corrected chi connectivity index (χ4v) is 3.13. The first-order valence-electron chi connectivity index (χ1n) is 8.42. The fraction of sp³-hybridized carbons (Fsp3) is 0.368. The molecule has 2 heterocycles. The van der Waals surface area contributed by atoms with Gasteiger partial charge in [-0.3, -0.25) is 9.78 Å². The average Bonchev–Trinajstić information content (AvgIpc) is 2.90. The van der Waals surface area contributed by atoms with Crippen LogP contribution in [-0.2, 0) is 6.54 Å². The van der Waals surface area contributed by atoms with Crippen LogP contribution in [0.2, 0.25) is 0 Å². The van der Waals surface area contributed by atoms with E-state index in [0.717, 1.165) is 38.0 Å². The van der Waals surface area contributed by atoms with Crippen LogP contribution in [-0.4, -0.2) is 34.9 Å². The predicted molar refractivity (Wildman–Crippen MR) is 91.0 cm³/mol. The molecule has 1 aliphatic rings. The molecule has 0 bridgehead atoms. The molecule has 1 N–H and O–H groups in total. The summed E-state index contributed by atoms with van der Waals surface area (Å²) < 4.78 is 14.1. The summed E-state index contributed by atoms with van der Waals surface area (Å²) in [5.41, 5.74) is 0.949. The number of halogens is 1. The zero-order valence-electron chi connectivity index (χ0n) is 13.6. The summed E-state index contributed by atoms with van der Waals surface area (Å²) in [6.45, 7) is 2.23. The highest BCUT2D eigenvalue weighted by molar-refractivity contribution is 5.94. The van der Waals surface area contributed by atoms with Crippen molar-refractivity contribution in [2.24, 2.45) is 0 Å². The zero-order valence-corrected chi connectivity index (χ0v) is 13.6. The number of rotatable bonds is 4. The predicted octanol–water partition coefficient (Wildman–Crippen LogP) is 3.01. The highest BCUT2D eigenvalue weighted by Gasteiger charge is 2.27. The van der Waals surface area contributed by atoms with Gasteiger partial charge in [-0.1, -0.05) is 18.2 Å². The maximum Gasteiger partial charge on any atom is 0.257 e. The van der Waals surface area contributed by atoms with Crippen molar-refractivity contribution in [2.75, 3.05) is 13.1 Å². The quantitative estimate of drug-likeness (QED) is 0.939. The molecule has 126 valence electrons. The first-order valence-corrected chi connectivity index (χ1v) is 8.42. The van der Waals surface area contributed by atoms with E-state index >= 15 is 0 Å². The smallest absolute Gasteiger partial charge is 0.257 e. The summed E-state index contributed by atoms with van der Waals surface area (Å²) in [7, 11) is 0. The van der Waals surface area contributed by atoms with E-state index in [4.69, 9.17) is 0 Å². The Labute approximate surface area is 141 Å². The first kappa shape index (κ1) is 16.6. The van der Waals surface area contributed by atoms with Crippen LogP contribution in [0.1, 0.15) is 35.3 Å². The van der Waals surface area contributed by atoms with E-state index in [9.17, 15) is 9.18 Å². The Morgan fingerprint density at radius 2 is 2.00 bits per heavy atom. The molecule has 0 aliphatic carbocycles. The minimum Gasteiger partial charge on any atom is -0.330 e. The molecule has 1 aromatic carbocycles. The molecule has 1 fully saturated rings. The lowest BCUT2D eigenvalue weighted by Crippen LogP contribution is -2.41. The van der Waals surface area contributed by atoms with Crippen LogP contribution in [0.3, 0.4) is 0 Å². The Kier molecular flexibility index (Phi) is 5.54. The lowest BCUT2D eigenvalue weighted by atomic mass is 10.0. The largest absolute Gasteiger partial charge is 0.330 e. The van der Waals surface area contributed by atoms with Gasteiger partial charge in [0, 0.05) is 12.2 Å². The fourth-order valence-electron chi connectivity index (χ4n) is 3.13. The van der Waals surface area contributed by atoms with Crippen molar-refractivity contribution in [1.82, 2.24) is 15.2 Å². The van der Waals surface area contributed by atoms with Crippen LogP contribution in [0.5, 0.6) is 0 Å². The Bertz CT molecular complexity index is 669. The van der Waals surface area contributed by atoms with Crippen molar-refractivity contribution in [3.8, 4) is 0 Å². The van der Waals surface area contributed by atoms with Crippen LogP contribution >= 0.6 is 0 Å². The van der Waals surface area contributed by atoms with Crippen molar-refractivity contribution in [3.63, 3.8) is 0 Å². The van der Waals surface area contributed by atoms with E-state index in [1.807, 2.05) is 18.2 Å². The number of carbonyl (C=O) groups is 1. The lowest BCUT2D eigenvalue weighted by Gasteiger charge is -2.31. The van der Waals surface area contributed by atoms with Gasteiger partial charge in [0.15, 0.2) is 0 Å². The van der Waals surface area contributed by atoms with E-state index in [1.165, 1.54) is 6.07 Å². The molecule has 24 heavy (non-hydrogen) atoms. The molecule has 1 aromatic heterocycles. The van der Waals surface area contributed by atoms with Crippen molar-refractivity contribution in [2.45, 2.75) is 31.8 Å². The normalized spacial score (nSPS) is 18.0. The average molecular weight is 327 g/mol. The van der Waals surface area contributed by atoms with Gasteiger partial charge in [0.05, 0.1) is 17.8 Å². The molecule has 1 aliphatic heterocycles.